The van der Waals surface area contributed by atoms with E-state index in [4.69, 9.17) is 21.1 Å². The molecule has 138 valence electrons. The van der Waals surface area contributed by atoms with Crippen LogP contribution in [0.25, 0.3) is 0 Å². The highest BCUT2D eigenvalue weighted by Gasteiger charge is 2.42. The molecule has 2 heterocycles. The number of carbonyl (C=O) groups excluding carboxylic acids is 2. The molecule has 0 spiro atoms. The average Bonchev–Trinajstić information content (AvgIpc) is 2.87. The molecule has 1 saturated heterocycles. The van der Waals surface area contributed by atoms with Gasteiger partial charge in [-0.3, -0.25) is 4.90 Å². The van der Waals surface area contributed by atoms with Crippen molar-refractivity contribution in [2.24, 2.45) is 0 Å². The van der Waals surface area contributed by atoms with Crippen LogP contribution in [0, 0.1) is 6.92 Å². The molecule has 2 atom stereocenters. The molecule has 8 nitrogen and oxygen atoms in total. The third kappa shape index (κ3) is 5.19. The van der Waals surface area contributed by atoms with Gasteiger partial charge in [-0.1, -0.05) is 0 Å². The van der Waals surface area contributed by atoms with Crippen molar-refractivity contribution < 1.29 is 19.1 Å². The van der Waals surface area contributed by atoms with Gasteiger partial charge in [0.15, 0.2) is 0 Å². The number of aromatic nitrogens is 2. The van der Waals surface area contributed by atoms with Gasteiger partial charge in [-0.15, -0.1) is 0 Å². The molecule has 1 fully saturated rings. The molecule has 1 N–H and O–H groups in total. The van der Waals surface area contributed by atoms with Crippen LogP contribution in [0.4, 0.5) is 10.6 Å². The first-order valence-corrected chi connectivity index (χ1v) is 8.32. The zero-order chi connectivity index (χ0) is 18.8. The van der Waals surface area contributed by atoms with E-state index >= 15 is 0 Å². The van der Waals surface area contributed by atoms with Gasteiger partial charge in [0.2, 0.25) is 5.28 Å². The molecule has 1 aliphatic rings. The summed E-state index contributed by atoms with van der Waals surface area (Å²) in [5.74, 6) is 0.0595. The highest BCUT2D eigenvalue weighted by atomic mass is 35.5. The summed E-state index contributed by atoms with van der Waals surface area (Å²) in [6.45, 7) is 7.41. The number of esters is 1. The van der Waals surface area contributed by atoms with Crippen molar-refractivity contribution in [2.75, 3.05) is 19.0 Å². The van der Waals surface area contributed by atoms with Crippen LogP contribution in [0.2, 0.25) is 5.28 Å². The van der Waals surface area contributed by atoms with E-state index in [0.717, 1.165) is 0 Å². The van der Waals surface area contributed by atoms with Crippen LogP contribution >= 0.6 is 11.6 Å². The Hall–Kier alpha value is -2.09. The Morgan fingerprint density at radius 1 is 1.36 bits per heavy atom. The summed E-state index contributed by atoms with van der Waals surface area (Å²) >= 11 is 5.87. The summed E-state index contributed by atoms with van der Waals surface area (Å²) in [5, 5.41) is 3.32. The normalized spacial score (nSPS) is 20.3. The Morgan fingerprint density at radius 2 is 2.04 bits per heavy atom. The topological polar surface area (TPSA) is 93.6 Å². The minimum absolute atomic E-state index is 0.133. The molecule has 0 saturated carbocycles. The molecule has 1 aromatic heterocycles. The zero-order valence-corrected chi connectivity index (χ0v) is 15.8. The lowest BCUT2D eigenvalue weighted by Crippen LogP contribution is -2.44. The molecule has 1 amide bonds. The van der Waals surface area contributed by atoms with Gasteiger partial charge in [-0.25, -0.2) is 19.6 Å². The Bertz CT molecular complexity index is 642. The van der Waals surface area contributed by atoms with E-state index in [1.807, 2.05) is 0 Å². The number of aryl methyl sites for hydroxylation is 1. The van der Waals surface area contributed by atoms with Crippen LogP contribution in [0.3, 0.4) is 0 Å². The molecule has 2 rings (SSSR count). The number of likely N-dealkylation sites (tertiary alicyclic amines) is 1. The number of nitrogens with zero attached hydrogens (tertiary/aromatic N) is 3. The van der Waals surface area contributed by atoms with E-state index in [0.29, 0.717) is 17.9 Å². The average molecular weight is 371 g/mol. The molecule has 0 bridgehead atoms. The van der Waals surface area contributed by atoms with Crippen LogP contribution in [0.15, 0.2) is 6.07 Å². The summed E-state index contributed by atoms with van der Waals surface area (Å²) < 4.78 is 10.2. The number of ether oxygens (including phenoxy) is 2. The van der Waals surface area contributed by atoms with Gasteiger partial charge < -0.3 is 14.8 Å². The molecule has 0 radical (unpaired) electrons. The maximum absolute atomic E-state index is 12.4. The van der Waals surface area contributed by atoms with E-state index < -0.39 is 23.7 Å². The minimum atomic E-state index is -0.712. The number of nitrogens with one attached hydrogen (secondary N) is 1. The summed E-state index contributed by atoms with van der Waals surface area (Å²) in [6, 6.07) is 0.840. The SMILES string of the molecule is COC(=O)[C@@H]1C[C@H](Nc2cc(C)nc(Cl)n2)CN1C(=O)OC(C)(C)C. The van der Waals surface area contributed by atoms with E-state index in [1.165, 1.54) is 12.0 Å². The lowest BCUT2D eigenvalue weighted by atomic mass is 10.1. The van der Waals surface area contributed by atoms with Gasteiger partial charge in [-0.2, -0.15) is 0 Å². The molecule has 9 heteroatoms. The van der Waals surface area contributed by atoms with Crippen molar-refractivity contribution in [1.82, 2.24) is 14.9 Å². The third-order valence-corrected chi connectivity index (χ3v) is 3.75. The maximum atomic E-state index is 12.4. The summed E-state index contributed by atoms with van der Waals surface area (Å²) in [6.07, 6.45) is -0.170. The Labute approximate surface area is 151 Å². The smallest absolute Gasteiger partial charge is 0.411 e. The van der Waals surface area contributed by atoms with Crippen LogP contribution in [-0.4, -0.2) is 58.3 Å². The molecule has 0 aliphatic carbocycles. The van der Waals surface area contributed by atoms with Crippen LogP contribution in [0.5, 0.6) is 0 Å². The second-order valence-corrected chi connectivity index (χ2v) is 7.25. The summed E-state index contributed by atoms with van der Waals surface area (Å²) in [5.41, 5.74) is 0.0645. The zero-order valence-electron chi connectivity index (χ0n) is 15.0. The number of halogens is 1. The Morgan fingerprint density at radius 3 is 2.60 bits per heavy atom. The first-order valence-electron chi connectivity index (χ1n) is 7.94. The van der Waals surface area contributed by atoms with Gasteiger partial charge in [0, 0.05) is 30.8 Å². The third-order valence-electron chi connectivity index (χ3n) is 3.58. The quantitative estimate of drug-likeness (QED) is 0.644. The molecule has 1 aromatic rings. The monoisotopic (exact) mass is 370 g/mol. The largest absolute Gasteiger partial charge is 0.467 e. The first kappa shape index (κ1) is 19.2. The van der Waals surface area contributed by atoms with E-state index in [9.17, 15) is 9.59 Å². The van der Waals surface area contributed by atoms with Gasteiger partial charge in [0.05, 0.1) is 7.11 Å². The summed E-state index contributed by atoms with van der Waals surface area (Å²) in [7, 11) is 1.30. The number of hydrogen-bond donors (Lipinski definition) is 1. The molecule has 25 heavy (non-hydrogen) atoms. The van der Waals surface area contributed by atoms with Gasteiger partial charge in [-0.05, 0) is 39.3 Å². The van der Waals surface area contributed by atoms with Crippen LogP contribution in [0.1, 0.15) is 32.9 Å². The van der Waals surface area contributed by atoms with Gasteiger partial charge in [0.1, 0.15) is 17.5 Å². The van der Waals surface area contributed by atoms with Crippen molar-refractivity contribution >= 4 is 29.5 Å². The van der Waals surface area contributed by atoms with E-state index in [1.54, 1.807) is 33.8 Å². The minimum Gasteiger partial charge on any atom is -0.467 e. The number of anilines is 1. The fraction of sp³-hybridized carbons (Fsp3) is 0.625. The maximum Gasteiger partial charge on any atom is 0.411 e. The number of amides is 1. The highest BCUT2D eigenvalue weighted by molar-refractivity contribution is 6.28. The Kier molecular flexibility index (Phi) is 5.72. The molecular weight excluding hydrogens is 348 g/mol. The van der Waals surface area contributed by atoms with Crippen LogP contribution < -0.4 is 5.32 Å². The predicted octanol–water partition coefficient (Wildman–Crippen LogP) is 2.40. The van der Waals surface area contributed by atoms with Crippen molar-refractivity contribution in [3.63, 3.8) is 0 Å². The van der Waals surface area contributed by atoms with Gasteiger partial charge >= 0.3 is 12.1 Å². The summed E-state index contributed by atoms with van der Waals surface area (Å²) in [4.78, 5) is 34.0. The number of hydrogen-bond acceptors (Lipinski definition) is 7. The van der Waals surface area contributed by atoms with E-state index in [2.05, 4.69) is 15.3 Å². The molecule has 1 aliphatic heterocycles. The standard InChI is InChI=1S/C16H23ClN4O4/c1-9-6-12(20-14(17)18-9)19-10-7-11(13(22)24-5)21(8-10)15(23)25-16(2,3)4/h6,10-11H,7-8H2,1-5H3,(H,18,19,20)/t10-,11-/m0/s1. The molecular formula is C16H23ClN4O4. The number of rotatable bonds is 3. The molecule has 0 unspecified atom stereocenters. The molecule has 0 aromatic carbocycles. The van der Waals surface area contributed by atoms with Crippen molar-refractivity contribution in [3.05, 3.63) is 17.0 Å². The fourth-order valence-corrected chi connectivity index (χ4v) is 2.86. The van der Waals surface area contributed by atoms with Crippen molar-refractivity contribution in [3.8, 4) is 0 Å². The second kappa shape index (κ2) is 7.43. The lowest BCUT2D eigenvalue weighted by molar-refractivity contribution is -0.145. The predicted molar refractivity (Wildman–Crippen MR) is 92.6 cm³/mol. The van der Waals surface area contributed by atoms with Gasteiger partial charge in [0.25, 0.3) is 0 Å². The van der Waals surface area contributed by atoms with E-state index in [-0.39, 0.29) is 17.9 Å². The highest BCUT2D eigenvalue weighted by Crippen LogP contribution is 2.25. The number of carbonyl (C=O) groups is 2. The first-order chi connectivity index (χ1) is 11.6. The number of methoxy groups -OCH3 is 1. The Balaban J connectivity index is 2.14. The fourth-order valence-electron chi connectivity index (χ4n) is 2.64. The van der Waals surface area contributed by atoms with Crippen molar-refractivity contribution in [1.29, 1.82) is 0 Å². The van der Waals surface area contributed by atoms with Crippen LogP contribution in [-0.2, 0) is 14.3 Å². The second-order valence-electron chi connectivity index (χ2n) is 6.91. The van der Waals surface area contributed by atoms with Crippen molar-refractivity contribution in [2.45, 2.75) is 51.8 Å². The lowest BCUT2D eigenvalue weighted by Gasteiger charge is -2.27.